The largest absolute Gasteiger partial charge is 0.481 e. The molecule has 0 spiro atoms. The van der Waals surface area contributed by atoms with Crippen LogP contribution in [0.25, 0.3) is 0 Å². The summed E-state index contributed by atoms with van der Waals surface area (Å²) in [4.78, 5) is 6.53. The van der Waals surface area contributed by atoms with Crippen molar-refractivity contribution in [2.75, 3.05) is 13.7 Å². The number of aliphatic hydroxyl groups is 1. The SMILES string of the molecule is COc1cccc(CN2C[C@@H](O)C[C@@H]2c2cccc(F)c2)n1. The first-order valence-electron chi connectivity index (χ1n) is 7.33. The third kappa shape index (κ3) is 3.26. The van der Waals surface area contributed by atoms with Crippen LogP contribution in [0.4, 0.5) is 4.39 Å². The Kier molecular flexibility index (Phi) is 4.36. The first-order valence-corrected chi connectivity index (χ1v) is 7.33. The summed E-state index contributed by atoms with van der Waals surface area (Å²) in [6.45, 7) is 1.15. The molecule has 1 aliphatic rings. The highest BCUT2D eigenvalue weighted by molar-refractivity contribution is 5.22. The van der Waals surface area contributed by atoms with Crippen LogP contribution in [0.15, 0.2) is 42.5 Å². The van der Waals surface area contributed by atoms with Crippen LogP contribution in [0.5, 0.6) is 5.88 Å². The van der Waals surface area contributed by atoms with Crippen LogP contribution in [0, 0.1) is 5.82 Å². The van der Waals surface area contributed by atoms with Gasteiger partial charge in [-0.25, -0.2) is 9.37 Å². The molecule has 4 nitrogen and oxygen atoms in total. The molecule has 0 saturated carbocycles. The Bertz CT molecular complexity index is 650. The molecule has 1 fully saturated rings. The maximum atomic E-state index is 13.5. The number of hydrogen-bond donors (Lipinski definition) is 1. The predicted molar refractivity (Wildman–Crippen MR) is 81.0 cm³/mol. The number of aromatic nitrogens is 1. The first-order chi connectivity index (χ1) is 10.7. The van der Waals surface area contributed by atoms with E-state index in [-0.39, 0.29) is 11.9 Å². The van der Waals surface area contributed by atoms with E-state index in [2.05, 4.69) is 9.88 Å². The topological polar surface area (TPSA) is 45.6 Å². The van der Waals surface area contributed by atoms with E-state index in [1.165, 1.54) is 12.1 Å². The van der Waals surface area contributed by atoms with Gasteiger partial charge in [0.15, 0.2) is 0 Å². The lowest BCUT2D eigenvalue weighted by Crippen LogP contribution is -2.24. The lowest BCUT2D eigenvalue weighted by atomic mass is 10.0. The van der Waals surface area contributed by atoms with E-state index in [1.807, 2.05) is 18.2 Å². The summed E-state index contributed by atoms with van der Waals surface area (Å²) in [5, 5.41) is 10.00. The number of nitrogens with zero attached hydrogens (tertiary/aromatic N) is 2. The van der Waals surface area contributed by atoms with E-state index in [0.29, 0.717) is 25.4 Å². The third-order valence-electron chi connectivity index (χ3n) is 3.97. The highest BCUT2D eigenvalue weighted by atomic mass is 19.1. The van der Waals surface area contributed by atoms with Gasteiger partial charge in [0, 0.05) is 25.2 Å². The second-order valence-corrected chi connectivity index (χ2v) is 5.56. The van der Waals surface area contributed by atoms with Gasteiger partial charge in [-0.3, -0.25) is 4.90 Å². The zero-order chi connectivity index (χ0) is 15.5. The second kappa shape index (κ2) is 6.42. The Hall–Kier alpha value is -1.98. The van der Waals surface area contributed by atoms with Gasteiger partial charge in [0.05, 0.1) is 18.9 Å². The summed E-state index contributed by atoms with van der Waals surface area (Å²) in [5.41, 5.74) is 1.76. The molecule has 1 aromatic carbocycles. The van der Waals surface area contributed by atoms with Gasteiger partial charge in [-0.2, -0.15) is 0 Å². The van der Waals surface area contributed by atoms with Crippen LogP contribution in [0.3, 0.4) is 0 Å². The van der Waals surface area contributed by atoms with Gasteiger partial charge in [0.2, 0.25) is 5.88 Å². The summed E-state index contributed by atoms with van der Waals surface area (Å²) in [5.74, 6) is 0.317. The van der Waals surface area contributed by atoms with E-state index in [9.17, 15) is 9.50 Å². The lowest BCUT2D eigenvalue weighted by Gasteiger charge is -2.24. The van der Waals surface area contributed by atoms with Crippen molar-refractivity contribution in [1.82, 2.24) is 9.88 Å². The minimum absolute atomic E-state index is 0.00120. The molecule has 1 N–H and O–H groups in total. The zero-order valence-electron chi connectivity index (χ0n) is 12.4. The molecule has 0 unspecified atom stereocenters. The van der Waals surface area contributed by atoms with Gasteiger partial charge in [-0.15, -0.1) is 0 Å². The number of β-amino-alcohol motifs (C(OH)–C–C–N with tert-alkyl or cyclic N) is 1. The highest BCUT2D eigenvalue weighted by Crippen LogP contribution is 2.33. The Balaban J connectivity index is 1.81. The van der Waals surface area contributed by atoms with Crippen LogP contribution >= 0.6 is 0 Å². The van der Waals surface area contributed by atoms with E-state index < -0.39 is 6.10 Å². The third-order valence-corrected chi connectivity index (χ3v) is 3.97. The molecule has 3 rings (SSSR count). The maximum Gasteiger partial charge on any atom is 0.213 e. The molecule has 1 aromatic heterocycles. The number of hydrogen-bond acceptors (Lipinski definition) is 4. The maximum absolute atomic E-state index is 13.5. The van der Waals surface area contributed by atoms with Crippen molar-refractivity contribution in [3.63, 3.8) is 0 Å². The lowest BCUT2D eigenvalue weighted by molar-refractivity contribution is 0.172. The van der Waals surface area contributed by atoms with Crippen LogP contribution in [-0.2, 0) is 6.54 Å². The van der Waals surface area contributed by atoms with Crippen molar-refractivity contribution in [2.24, 2.45) is 0 Å². The fourth-order valence-electron chi connectivity index (χ4n) is 2.98. The minimum atomic E-state index is -0.404. The van der Waals surface area contributed by atoms with Crippen molar-refractivity contribution in [3.8, 4) is 5.88 Å². The number of halogens is 1. The normalized spacial score (nSPS) is 22.0. The molecule has 22 heavy (non-hydrogen) atoms. The van der Waals surface area contributed by atoms with Crippen molar-refractivity contribution in [1.29, 1.82) is 0 Å². The molecule has 1 aliphatic heterocycles. The Morgan fingerprint density at radius 1 is 1.32 bits per heavy atom. The zero-order valence-corrected chi connectivity index (χ0v) is 12.4. The van der Waals surface area contributed by atoms with Crippen LogP contribution in [0.1, 0.15) is 23.7 Å². The van der Waals surface area contributed by atoms with Gasteiger partial charge in [0.25, 0.3) is 0 Å². The molecule has 0 bridgehead atoms. The fraction of sp³-hybridized carbons (Fsp3) is 0.353. The molecule has 2 heterocycles. The summed E-state index contributed by atoms with van der Waals surface area (Å²) < 4.78 is 18.6. The van der Waals surface area contributed by atoms with Crippen molar-refractivity contribution < 1.29 is 14.2 Å². The summed E-state index contributed by atoms with van der Waals surface area (Å²) in [6, 6.07) is 12.2. The molecule has 5 heteroatoms. The number of benzene rings is 1. The van der Waals surface area contributed by atoms with Gasteiger partial charge in [0.1, 0.15) is 5.82 Å². The Labute approximate surface area is 129 Å². The van der Waals surface area contributed by atoms with Crippen LogP contribution in [0.2, 0.25) is 0 Å². The summed E-state index contributed by atoms with van der Waals surface area (Å²) >= 11 is 0. The van der Waals surface area contributed by atoms with E-state index in [4.69, 9.17) is 4.74 Å². The molecular formula is C17H19FN2O2. The van der Waals surface area contributed by atoms with Crippen molar-refractivity contribution >= 4 is 0 Å². The summed E-state index contributed by atoms with van der Waals surface area (Å²) in [7, 11) is 1.58. The second-order valence-electron chi connectivity index (χ2n) is 5.56. The molecule has 1 saturated heterocycles. The molecule has 0 aliphatic carbocycles. The van der Waals surface area contributed by atoms with Gasteiger partial charge in [-0.05, 0) is 30.2 Å². The average molecular weight is 302 g/mol. The van der Waals surface area contributed by atoms with Crippen LogP contribution < -0.4 is 4.74 Å². The number of pyridine rings is 1. The summed E-state index contributed by atoms with van der Waals surface area (Å²) in [6.07, 6.45) is 0.201. The Morgan fingerprint density at radius 3 is 2.91 bits per heavy atom. The Morgan fingerprint density at radius 2 is 2.14 bits per heavy atom. The molecule has 2 aromatic rings. The number of ether oxygens (including phenoxy) is 1. The number of rotatable bonds is 4. The number of aliphatic hydroxyl groups excluding tert-OH is 1. The van der Waals surface area contributed by atoms with E-state index >= 15 is 0 Å². The highest BCUT2D eigenvalue weighted by Gasteiger charge is 2.32. The number of methoxy groups -OCH3 is 1. The standard InChI is InChI=1S/C17H19FN2O2/c1-22-17-7-3-6-14(19-17)10-20-11-15(21)9-16(20)12-4-2-5-13(18)8-12/h2-8,15-16,21H,9-11H2,1H3/t15-,16+/m0/s1. The minimum Gasteiger partial charge on any atom is -0.481 e. The molecule has 2 atom stereocenters. The molecule has 0 radical (unpaired) electrons. The number of likely N-dealkylation sites (tertiary alicyclic amines) is 1. The molecule has 116 valence electrons. The van der Waals surface area contributed by atoms with Crippen LogP contribution in [-0.4, -0.2) is 34.7 Å². The van der Waals surface area contributed by atoms with Gasteiger partial charge >= 0.3 is 0 Å². The monoisotopic (exact) mass is 302 g/mol. The average Bonchev–Trinajstić information content (AvgIpc) is 2.88. The van der Waals surface area contributed by atoms with Crippen molar-refractivity contribution in [3.05, 3.63) is 59.5 Å². The van der Waals surface area contributed by atoms with E-state index in [1.54, 1.807) is 19.2 Å². The quantitative estimate of drug-likeness (QED) is 0.943. The predicted octanol–water partition coefficient (Wildman–Crippen LogP) is 2.54. The van der Waals surface area contributed by atoms with Crippen molar-refractivity contribution in [2.45, 2.75) is 25.1 Å². The van der Waals surface area contributed by atoms with Gasteiger partial charge in [-0.1, -0.05) is 18.2 Å². The first kappa shape index (κ1) is 14.9. The molecular weight excluding hydrogens is 283 g/mol. The van der Waals surface area contributed by atoms with E-state index in [0.717, 1.165) is 11.3 Å². The smallest absolute Gasteiger partial charge is 0.213 e. The molecule has 0 amide bonds. The van der Waals surface area contributed by atoms with Gasteiger partial charge < -0.3 is 9.84 Å². The fourth-order valence-corrected chi connectivity index (χ4v) is 2.98.